The maximum atomic E-state index is 5.29. The molecule has 2 rings (SSSR count). The van der Waals surface area contributed by atoms with Crippen LogP contribution in [0.25, 0.3) is 0 Å². The molecule has 5 nitrogen and oxygen atoms in total. The van der Waals surface area contributed by atoms with Gasteiger partial charge >= 0.3 is 0 Å². The van der Waals surface area contributed by atoms with Crippen molar-refractivity contribution in [1.82, 2.24) is 9.97 Å². The van der Waals surface area contributed by atoms with E-state index in [-0.39, 0.29) is 0 Å². The Morgan fingerprint density at radius 3 is 2.76 bits per heavy atom. The van der Waals surface area contributed by atoms with Crippen molar-refractivity contribution in [3.63, 3.8) is 0 Å². The summed E-state index contributed by atoms with van der Waals surface area (Å²) < 4.78 is 1.01. The maximum absolute atomic E-state index is 5.29. The number of nitrogens with one attached hydrogen (secondary N) is 2. The molecule has 0 spiro atoms. The lowest BCUT2D eigenvalue weighted by Crippen LogP contribution is -2.09. The van der Waals surface area contributed by atoms with Crippen molar-refractivity contribution in [2.75, 3.05) is 10.7 Å². The highest BCUT2D eigenvalue weighted by Gasteiger charge is 2.03. The number of rotatable bonds is 3. The minimum atomic E-state index is 0.561. The van der Waals surface area contributed by atoms with E-state index >= 15 is 0 Å². The highest BCUT2D eigenvalue weighted by Crippen LogP contribution is 2.28. The van der Waals surface area contributed by atoms with E-state index in [9.17, 15) is 0 Å². The molecule has 1 aromatic heterocycles. The first kappa shape index (κ1) is 11.8. The molecular formula is C11H12BrN5. The first-order chi connectivity index (χ1) is 8.20. The number of hydrazine groups is 1. The molecule has 6 heteroatoms. The van der Waals surface area contributed by atoms with E-state index in [2.05, 4.69) is 36.6 Å². The quantitative estimate of drug-likeness (QED) is 0.599. The van der Waals surface area contributed by atoms with Gasteiger partial charge in [-0.2, -0.15) is 0 Å². The Kier molecular flexibility index (Phi) is 3.55. The Morgan fingerprint density at radius 2 is 2.00 bits per heavy atom. The van der Waals surface area contributed by atoms with Gasteiger partial charge in [-0.3, -0.25) is 0 Å². The van der Waals surface area contributed by atoms with Crippen molar-refractivity contribution in [3.05, 3.63) is 40.6 Å². The lowest BCUT2D eigenvalue weighted by molar-refractivity contribution is 1.14. The normalized spacial score (nSPS) is 10.1. The smallest absolute Gasteiger partial charge is 0.145 e. The fraction of sp³-hybridized carbons (Fsp3) is 0.0909. The molecule has 2 aromatic rings. The van der Waals surface area contributed by atoms with Crippen LogP contribution in [0.5, 0.6) is 0 Å². The molecule has 88 valence electrons. The number of anilines is 3. The van der Waals surface area contributed by atoms with Crippen molar-refractivity contribution in [2.45, 2.75) is 6.92 Å². The summed E-state index contributed by atoms with van der Waals surface area (Å²) in [7, 11) is 0. The van der Waals surface area contributed by atoms with Crippen molar-refractivity contribution in [2.24, 2.45) is 5.84 Å². The van der Waals surface area contributed by atoms with Crippen LogP contribution in [0.15, 0.2) is 35.1 Å². The molecule has 0 radical (unpaired) electrons. The number of benzene rings is 1. The molecule has 0 amide bonds. The highest BCUT2D eigenvalue weighted by atomic mass is 79.9. The zero-order valence-electron chi connectivity index (χ0n) is 9.24. The van der Waals surface area contributed by atoms with E-state index in [1.807, 2.05) is 25.1 Å². The predicted octanol–water partition coefficient (Wildman–Crippen LogP) is 2.58. The number of nitrogens with two attached hydrogens (primary N) is 1. The van der Waals surface area contributed by atoms with Gasteiger partial charge in [-0.25, -0.2) is 15.8 Å². The molecule has 0 saturated carbocycles. The number of nitrogens with zero attached hydrogens (tertiary/aromatic N) is 2. The molecule has 0 atom stereocenters. The second-order valence-electron chi connectivity index (χ2n) is 3.49. The summed E-state index contributed by atoms with van der Waals surface area (Å²) in [5.41, 5.74) is 4.58. The number of halogens is 1. The van der Waals surface area contributed by atoms with Gasteiger partial charge in [0.1, 0.15) is 18.0 Å². The van der Waals surface area contributed by atoms with Crippen LogP contribution in [0, 0.1) is 6.92 Å². The minimum Gasteiger partial charge on any atom is -0.339 e. The number of aryl methyl sites for hydroxylation is 1. The van der Waals surface area contributed by atoms with Gasteiger partial charge in [-0.15, -0.1) is 0 Å². The first-order valence-electron chi connectivity index (χ1n) is 5.01. The van der Waals surface area contributed by atoms with Crippen molar-refractivity contribution in [3.8, 4) is 0 Å². The number of hydrogen-bond donors (Lipinski definition) is 3. The summed E-state index contributed by atoms with van der Waals surface area (Å²) in [5, 5.41) is 3.19. The molecule has 1 heterocycles. The van der Waals surface area contributed by atoms with Crippen LogP contribution in [0.3, 0.4) is 0 Å². The average Bonchev–Trinajstić information content (AvgIpc) is 2.35. The van der Waals surface area contributed by atoms with Crippen LogP contribution >= 0.6 is 15.9 Å². The van der Waals surface area contributed by atoms with Gasteiger partial charge in [0.15, 0.2) is 0 Å². The van der Waals surface area contributed by atoms with Gasteiger partial charge in [0, 0.05) is 10.5 Å². The second-order valence-corrected chi connectivity index (χ2v) is 4.29. The molecule has 0 unspecified atom stereocenters. The van der Waals surface area contributed by atoms with E-state index in [1.165, 1.54) is 6.33 Å². The molecule has 4 N–H and O–H groups in total. The molecule has 0 aliphatic carbocycles. The average molecular weight is 294 g/mol. The zero-order valence-corrected chi connectivity index (χ0v) is 10.8. The fourth-order valence-electron chi connectivity index (χ4n) is 1.39. The predicted molar refractivity (Wildman–Crippen MR) is 72.0 cm³/mol. The van der Waals surface area contributed by atoms with E-state index in [0.29, 0.717) is 11.6 Å². The van der Waals surface area contributed by atoms with Gasteiger partial charge in [0.25, 0.3) is 0 Å². The van der Waals surface area contributed by atoms with Crippen LogP contribution in [0.4, 0.5) is 17.3 Å². The molecule has 1 aromatic carbocycles. The van der Waals surface area contributed by atoms with Crippen LogP contribution < -0.4 is 16.6 Å². The SMILES string of the molecule is Cc1cccc(Nc2cc(NN)ncn2)c1Br. The Balaban J connectivity index is 2.28. The highest BCUT2D eigenvalue weighted by molar-refractivity contribution is 9.10. The largest absolute Gasteiger partial charge is 0.339 e. The summed E-state index contributed by atoms with van der Waals surface area (Å²) in [4.78, 5) is 8.06. The molecule has 0 bridgehead atoms. The fourth-order valence-corrected chi connectivity index (χ4v) is 1.75. The molecule has 0 aliphatic rings. The standard InChI is InChI=1S/C11H12BrN5/c1-7-3-2-4-8(11(7)12)16-9-5-10(17-13)15-6-14-9/h2-6H,13H2,1H3,(H2,14,15,16,17). The Hall–Kier alpha value is -1.66. The van der Waals surface area contributed by atoms with Crippen LogP contribution in [0.2, 0.25) is 0 Å². The second kappa shape index (κ2) is 5.11. The van der Waals surface area contributed by atoms with Crippen LogP contribution in [0.1, 0.15) is 5.56 Å². The summed E-state index contributed by atoms with van der Waals surface area (Å²) in [6.07, 6.45) is 1.45. The van der Waals surface area contributed by atoms with Gasteiger partial charge in [-0.05, 0) is 34.5 Å². The number of aromatic nitrogens is 2. The lowest BCUT2D eigenvalue weighted by atomic mass is 10.2. The van der Waals surface area contributed by atoms with Crippen LogP contribution in [-0.4, -0.2) is 9.97 Å². The van der Waals surface area contributed by atoms with Gasteiger partial charge < -0.3 is 10.7 Å². The number of hydrogen-bond acceptors (Lipinski definition) is 5. The minimum absolute atomic E-state index is 0.561. The van der Waals surface area contributed by atoms with Crippen molar-refractivity contribution < 1.29 is 0 Å². The van der Waals surface area contributed by atoms with Gasteiger partial charge in [0.05, 0.1) is 5.69 Å². The third kappa shape index (κ3) is 2.72. The molecular weight excluding hydrogens is 282 g/mol. The van der Waals surface area contributed by atoms with Crippen molar-refractivity contribution >= 4 is 33.3 Å². The van der Waals surface area contributed by atoms with Crippen LogP contribution in [-0.2, 0) is 0 Å². The number of nitrogen functional groups attached to an aromatic ring is 1. The van der Waals surface area contributed by atoms with E-state index in [4.69, 9.17) is 5.84 Å². The summed E-state index contributed by atoms with van der Waals surface area (Å²) in [6.45, 7) is 2.03. The summed E-state index contributed by atoms with van der Waals surface area (Å²) in [6, 6.07) is 7.71. The van der Waals surface area contributed by atoms with E-state index in [0.717, 1.165) is 15.7 Å². The summed E-state index contributed by atoms with van der Waals surface area (Å²) >= 11 is 3.53. The molecule has 0 fully saturated rings. The first-order valence-corrected chi connectivity index (χ1v) is 5.81. The van der Waals surface area contributed by atoms with Crippen molar-refractivity contribution in [1.29, 1.82) is 0 Å². The Morgan fingerprint density at radius 1 is 1.24 bits per heavy atom. The Labute approximate surface area is 108 Å². The summed E-state index contributed by atoms with van der Waals surface area (Å²) in [5.74, 6) is 6.53. The monoisotopic (exact) mass is 293 g/mol. The maximum Gasteiger partial charge on any atom is 0.145 e. The van der Waals surface area contributed by atoms with Gasteiger partial charge in [0.2, 0.25) is 0 Å². The zero-order chi connectivity index (χ0) is 12.3. The molecule has 17 heavy (non-hydrogen) atoms. The molecule has 0 saturated heterocycles. The Bertz CT molecular complexity index is 529. The van der Waals surface area contributed by atoms with E-state index < -0.39 is 0 Å². The third-order valence-corrected chi connectivity index (χ3v) is 3.32. The molecule has 0 aliphatic heterocycles. The topological polar surface area (TPSA) is 75.9 Å². The van der Waals surface area contributed by atoms with E-state index in [1.54, 1.807) is 6.07 Å². The third-order valence-electron chi connectivity index (χ3n) is 2.27. The lowest BCUT2D eigenvalue weighted by Gasteiger charge is -2.09. The van der Waals surface area contributed by atoms with Gasteiger partial charge in [-0.1, -0.05) is 12.1 Å².